The van der Waals surface area contributed by atoms with Crippen molar-refractivity contribution in [3.8, 4) is 5.75 Å². The highest BCUT2D eigenvalue weighted by atomic mass is 16.5. The van der Waals surface area contributed by atoms with E-state index in [1.807, 2.05) is 31.2 Å². The SMILES string of the molecule is COc1ccc(NC(=O)Cc2c(C)[nH]c3c(C)cc(C)cc23)cc1. The number of carbonyl (C=O) groups excluding carboxylic acids is 1. The zero-order valence-corrected chi connectivity index (χ0v) is 14.5. The summed E-state index contributed by atoms with van der Waals surface area (Å²) in [6.45, 7) is 6.19. The molecule has 1 heterocycles. The van der Waals surface area contributed by atoms with Gasteiger partial charge in [0.25, 0.3) is 0 Å². The Balaban J connectivity index is 1.83. The third-order valence-electron chi connectivity index (χ3n) is 4.28. The highest BCUT2D eigenvalue weighted by Gasteiger charge is 2.14. The molecule has 0 bridgehead atoms. The van der Waals surface area contributed by atoms with Crippen LogP contribution in [0.3, 0.4) is 0 Å². The Morgan fingerprint density at radius 2 is 1.83 bits per heavy atom. The van der Waals surface area contributed by atoms with Crippen LogP contribution in [0.1, 0.15) is 22.4 Å². The fraction of sp³-hybridized carbons (Fsp3) is 0.250. The van der Waals surface area contributed by atoms with Crippen LogP contribution in [0.2, 0.25) is 0 Å². The number of fused-ring (bicyclic) bond motifs is 1. The van der Waals surface area contributed by atoms with E-state index < -0.39 is 0 Å². The molecule has 124 valence electrons. The van der Waals surface area contributed by atoms with E-state index in [9.17, 15) is 4.79 Å². The highest BCUT2D eigenvalue weighted by molar-refractivity contribution is 5.97. The molecule has 0 aliphatic heterocycles. The minimum atomic E-state index is -0.0247. The van der Waals surface area contributed by atoms with Gasteiger partial charge in [-0.05, 0) is 62.2 Å². The van der Waals surface area contributed by atoms with E-state index in [-0.39, 0.29) is 5.91 Å². The minimum absolute atomic E-state index is 0.0247. The second-order valence-electron chi connectivity index (χ2n) is 6.19. The first kappa shape index (κ1) is 16.1. The van der Waals surface area contributed by atoms with Crippen LogP contribution in [0.25, 0.3) is 10.9 Å². The number of benzene rings is 2. The Labute approximate surface area is 141 Å². The quantitative estimate of drug-likeness (QED) is 0.753. The molecule has 0 saturated heterocycles. The van der Waals surface area contributed by atoms with Crippen molar-refractivity contribution in [3.63, 3.8) is 0 Å². The number of amides is 1. The third kappa shape index (κ3) is 3.13. The molecule has 0 unspecified atom stereocenters. The average Bonchev–Trinajstić information content (AvgIpc) is 2.85. The molecule has 24 heavy (non-hydrogen) atoms. The molecule has 0 aliphatic carbocycles. The fourth-order valence-electron chi connectivity index (χ4n) is 3.10. The van der Waals surface area contributed by atoms with E-state index in [4.69, 9.17) is 4.74 Å². The topological polar surface area (TPSA) is 54.1 Å². The average molecular weight is 322 g/mol. The van der Waals surface area contributed by atoms with Gasteiger partial charge in [-0.15, -0.1) is 0 Å². The first-order valence-corrected chi connectivity index (χ1v) is 8.00. The number of aromatic amines is 1. The van der Waals surface area contributed by atoms with Gasteiger partial charge in [0.15, 0.2) is 0 Å². The summed E-state index contributed by atoms with van der Waals surface area (Å²) in [5.74, 6) is 0.745. The summed E-state index contributed by atoms with van der Waals surface area (Å²) in [4.78, 5) is 15.9. The molecule has 0 aliphatic rings. The van der Waals surface area contributed by atoms with E-state index >= 15 is 0 Å². The predicted molar refractivity (Wildman–Crippen MR) is 97.8 cm³/mol. The number of carbonyl (C=O) groups is 1. The number of nitrogens with one attached hydrogen (secondary N) is 2. The van der Waals surface area contributed by atoms with Crippen molar-refractivity contribution in [3.05, 3.63) is 58.8 Å². The van der Waals surface area contributed by atoms with E-state index in [1.165, 1.54) is 11.1 Å². The molecule has 3 aromatic rings. The summed E-state index contributed by atoms with van der Waals surface area (Å²) in [7, 11) is 1.62. The Bertz CT molecular complexity index is 892. The van der Waals surface area contributed by atoms with Crippen molar-refractivity contribution >= 4 is 22.5 Å². The van der Waals surface area contributed by atoms with Gasteiger partial charge in [0.2, 0.25) is 5.91 Å². The lowest BCUT2D eigenvalue weighted by atomic mass is 10.0. The molecule has 0 saturated carbocycles. The smallest absolute Gasteiger partial charge is 0.228 e. The maximum Gasteiger partial charge on any atom is 0.228 e. The van der Waals surface area contributed by atoms with Gasteiger partial charge in [-0.3, -0.25) is 4.79 Å². The zero-order chi connectivity index (χ0) is 17.3. The van der Waals surface area contributed by atoms with Crippen LogP contribution < -0.4 is 10.1 Å². The summed E-state index contributed by atoms with van der Waals surface area (Å²) >= 11 is 0. The molecule has 2 N–H and O–H groups in total. The van der Waals surface area contributed by atoms with Gasteiger partial charge < -0.3 is 15.0 Å². The largest absolute Gasteiger partial charge is 0.497 e. The molecule has 0 spiro atoms. The maximum absolute atomic E-state index is 12.4. The molecule has 4 heteroatoms. The van der Waals surface area contributed by atoms with Gasteiger partial charge in [-0.2, -0.15) is 0 Å². The van der Waals surface area contributed by atoms with Crippen molar-refractivity contribution in [1.29, 1.82) is 0 Å². The molecule has 2 aromatic carbocycles. The van der Waals surface area contributed by atoms with E-state index in [2.05, 4.69) is 36.3 Å². The number of aryl methyl sites for hydroxylation is 3. The van der Waals surface area contributed by atoms with Crippen LogP contribution in [0.4, 0.5) is 5.69 Å². The molecule has 0 radical (unpaired) electrons. The number of anilines is 1. The summed E-state index contributed by atoms with van der Waals surface area (Å²) < 4.78 is 5.13. The van der Waals surface area contributed by atoms with Gasteiger partial charge in [0, 0.05) is 22.3 Å². The van der Waals surface area contributed by atoms with Crippen LogP contribution in [-0.2, 0) is 11.2 Å². The minimum Gasteiger partial charge on any atom is -0.497 e. The number of ether oxygens (including phenoxy) is 1. The number of methoxy groups -OCH3 is 1. The Morgan fingerprint density at radius 1 is 1.12 bits per heavy atom. The summed E-state index contributed by atoms with van der Waals surface area (Å²) in [5, 5.41) is 4.08. The fourth-order valence-corrected chi connectivity index (χ4v) is 3.10. The molecule has 1 aromatic heterocycles. The number of hydrogen-bond donors (Lipinski definition) is 2. The molecule has 0 fully saturated rings. The van der Waals surface area contributed by atoms with Crippen molar-refractivity contribution in [1.82, 2.24) is 4.98 Å². The molecule has 0 atom stereocenters. The lowest BCUT2D eigenvalue weighted by molar-refractivity contribution is -0.115. The van der Waals surface area contributed by atoms with E-state index in [0.29, 0.717) is 6.42 Å². The van der Waals surface area contributed by atoms with Crippen LogP contribution in [0, 0.1) is 20.8 Å². The Morgan fingerprint density at radius 3 is 2.50 bits per heavy atom. The number of H-pyrrole nitrogens is 1. The van der Waals surface area contributed by atoms with Gasteiger partial charge in [-0.1, -0.05) is 11.6 Å². The van der Waals surface area contributed by atoms with E-state index in [1.54, 1.807) is 7.11 Å². The predicted octanol–water partition coefficient (Wildman–Crippen LogP) is 4.28. The molecule has 3 rings (SSSR count). The number of rotatable bonds is 4. The third-order valence-corrected chi connectivity index (χ3v) is 4.28. The first-order valence-electron chi connectivity index (χ1n) is 8.00. The van der Waals surface area contributed by atoms with Crippen molar-refractivity contribution in [2.75, 3.05) is 12.4 Å². The van der Waals surface area contributed by atoms with Gasteiger partial charge in [0.05, 0.1) is 13.5 Å². The van der Waals surface area contributed by atoms with Crippen molar-refractivity contribution < 1.29 is 9.53 Å². The van der Waals surface area contributed by atoms with Crippen molar-refractivity contribution in [2.45, 2.75) is 27.2 Å². The second kappa shape index (κ2) is 6.40. The normalized spacial score (nSPS) is 10.8. The molecule has 4 nitrogen and oxygen atoms in total. The molecule has 1 amide bonds. The summed E-state index contributed by atoms with van der Waals surface area (Å²) in [6, 6.07) is 11.6. The standard InChI is InChI=1S/C20H22N2O2/c1-12-9-13(2)20-18(10-12)17(14(3)21-20)11-19(23)22-15-5-7-16(24-4)8-6-15/h5-10,21H,11H2,1-4H3,(H,22,23). The maximum atomic E-state index is 12.4. The van der Waals surface area contributed by atoms with Crippen LogP contribution in [-0.4, -0.2) is 18.0 Å². The second-order valence-corrected chi connectivity index (χ2v) is 6.19. The van der Waals surface area contributed by atoms with Crippen LogP contribution in [0.15, 0.2) is 36.4 Å². The lowest BCUT2D eigenvalue weighted by Gasteiger charge is -2.07. The van der Waals surface area contributed by atoms with Crippen LogP contribution in [0.5, 0.6) is 5.75 Å². The van der Waals surface area contributed by atoms with Gasteiger partial charge in [-0.25, -0.2) is 0 Å². The summed E-state index contributed by atoms with van der Waals surface area (Å²) in [5.41, 5.74) is 6.40. The number of hydrogen-bond acceptors (Lipinski definition) is 2. The Hall–Kier alpha value is -2.75. The Kier molecular flexibility index (Phi) is 4.30. The zero-order valence-electron chi connectivity index (χ0n) is 14.5. The monoisotopic (exact) mass is 322 g/mol. The lowest BCUT2D eigenvalue weighted by Crippen LogP contribution is -2.14. The summed E-state index contributed by atoms with van der Waals surface area (Å²) in [6.07, 6.45) is 0.348. The molecular formula is C20H22N2O2. The molecular weight excluding hydrogens is 300 g/mol. The number of aromatic nitrogens is 1. The highest BCUT2D eigenvalue weighted by Crippen LogP contribution is 2.27. The van der Waals surface area contributed by atoms with Crippen LogP contribution >= 0.6 is 0 Å². The van der Waals surface area contributed by atoms with E-state index in [0.717, 1.165) is 33.6 Å². The van der Waals surface area contributed by atoms with Crippen molar-refractivity contribution in [2.24, 2.45) is 0 Å². The van der Waals surface area contributed by atoms with Gasteiger partial charge in [0.1, 0.15) is 5.75 Å². The first-order chi connectivity index (χ1) is 11.5. The van der Waals surface area contributed by atoms with Gasteiger partial charge >= 0.3 is 0 Å².